The number of fused-ring (bicyclic) bond motifs is 1. The Morgan fingerprint density at radius 1 is 1.21 bits per heavy atom. The highest BCUT2D eigenvalue weighted by Crippen LogP contribution is 2.26. The van der Waals surface area contributed by atoms with Crippen molar-refractivity contribution in [3.63, 3.8) is 0 Å². The largest absolute Gasteiger partial charge is 0.298 e. The molecule has 2 aliphatic heterocycles. The molecule has 0 amide bonds. The van der Waals surface area contributed by atoms with E-state index in [1.807, 2.05) is 11.8 Å². The lowest BCUT2D eigenvalue weighted by molar-refractivity contribution is 0.0540. The molecule has 1 aromatic rings. The molecule has 0 N–H and O–H groups in total. The van der Waals surface area contributed by atoms with Crippen molar-refractivity contribution in [2.75, 3.05) is 25.9 Å². The first-order valence-electron chi connectivity index (χ1n) is 7.37. The number of hydrogen-bond acceptors (Lipinski definition) is 3. The number of nitrogens with zero attached hydrogens (tertiary/aromatic N) is 2. The van der Waals surface area contributed by atoms with Gasteiger partial charge in [-0.05, 0) is 50.3 Å². The molecule has 2 atom stereocenters. The second-order valence-electron chi connectivity index (χ2n) is 5.92. The summed E-state index contributed by atoms with van der Waals surface area (Å²) in [5, 5.41) is 0. The predicted octanol–water partition coefficient (Wildman–Crippen LogP) is 3.08. The third-order valence-corrected chi connectivity index (χ3v) is 5.35. The first-order valence-corrected chi connectivity index (χ1v) is 8.60. The summed E-state index contributed by atoms with van der Waals surface area (Å²) < 4.78 is 0. The van der Waals surface area contributed by atoms with Gasteiger partial charge in [0.05, 0.1) is 0 Å². The zero-order valence-corrected chi connectivity index (χ0v) is 12.8. The molecule has 0 radical (unpaired) electrons. The Morgan fingerprint density at radius 2 is 2.00 bits per heavy atom. The fraction of sp³-hybridized carbons (Fsp3) is 0.625. The molecule has 0 aromatic heterocycles. The van der Waals surface area contributed by atoms with Crippen LogP contribution in [-0.2, 0) is 6.54 Å². The number of hydrogen-bond donors (Lipinski definition) is 0. The molecule has 3 rings (SSSR count). The summed E-state index contributed by atoms with van der Waals surface area (Å²) in [5.74, 6) is 0. The van der Waals surface area contributed by atoms with Crippen molar-refractivity contribution in [3.8, 4) is 0 Å². The molecule has 1 aromatic carbocycles. The molecule has 2 aliphatic rings. The quantitative estimate of drug-likeness (QED) is 0.783. The zero-order chi connectivity index (χ0) is 13.2. The van der Waals surface area contributed by atoms with E-state index in [0.29, 0.717) is 6.04 Å². The van der Waals surface area contributed by atoms with Crippen molar-refractivity contribution in [1.29, 1.82) is 0 Å². The highest BCUT2D eigenvalue weighted by molar-refractivity contribution is 7.98. The van der Waals surface area contributed by atoms with E-state index in [9.17, 15) is 0 Å². The molecule has 104 valence electrons. The van der Waals surface area contributed by atoms with Crippen LogP contribution in [0.15, 0.2) is 29.2 Å². The normalized spacial score (nSPS) is 28.5. The van der Waals surface area contributed by atoms with Gasteiger partial charge >= 0.3 is 0 Å². The Hall–Kier alpha value is -0.510. The SMILES string of the molecule is CSc1ccc(CN2C[C@H]3CCCN3C[C@H]2C)cc1. The minimum Gasteiger partial charge on any atom is -0.298 e. The maximum absolute atomic E-state index is 2.69. The van der Waals surface area contributed by atoms with Gasteiger partial charge in [0, 0.05) is 36.6 Å². The van der Waals surface area contributed by atoms with Crippen LogP contribution in [0.4, 0.5) is 0 Å². The molecule has 0 saturated carbocycles. The topological polar surface area (TPSA) is 6.48 Å². The maximum Gasteiger partial charge on any atom is 0.0237 e. The van der Waals surface area contributed by atoms with Crippen molar-refractivity contribution < 1.29 is 0 Å². The summed E-state index contributed by atoms with van der Waals surface area (Å²) in [6, 6.07) is 10.6. The van der Waals surface area contributed by atoms with Crippen LogP contribution in [-0.4, -0.2) is 47.8 Å². The molecule has 0 unspecified atom stereocenters. The second-order valence-corrected chi connectivity index (χ2v) is 6.80. The van der Waals surface area contributed by atoms with E-state index in [-0.39, 0.29) is 0 Å². The summed E-state index contributed by atoms with van der Waals surface area (Å²) in [5.41, 5.74) is 1.45. The van der Waals surface area contributed by atoms with Gasteiger partial charge in [-0.3, -0.25) is 9.80 Å². The van der Waals surface area contributed by atoms with Crippen LogP contribution in [0, 0.1) is 0 Å². The van der Waals surface area contributed by atoms with Crippen molar-refractivity contribution in [1.82, 2.24) is 9.80 Å². The fourth-order valence-electron chi connectivity index (χ4n) is 3.43. The van der Waals surface area contributed by atoms with E-state index >= 15 is 0 Å². The van der Waals surface area contributed by atoms with Gasteiger partial charge in [0.2, 0.25) is 0 Å². The Kier molecular flexibility index (Phi) is 4.15. The molecule has 3 heteroatoms. The van der Waals surface area contributed by atoms with E-state index < -0.39 is 0 Å². The summed E-state index contributed by atoms with van der Waals surface area (Å²) >= 11 is 1.82. The molecule has 2 heterocycles. The van der Waals surface area contributed by atoms with Crippen LogP contribution in [0.2, 0.25) is 0 Å². The smallest absolute Gasteiger partial charge is 0.0237 e. The Morgan fingerprint density at radius 3 is 2.74 bits per heavy atom. The average Bonchev–Trinajstić information content (AvgIpc) is 2.87. The van der Waals surface area contributed by atoms with Gasteiger partial charge in [-0.1, -0.05) is 12.1 Å². The molecule has 0 aliphatic carbocycles. The van der Waals surface area contributed by atoms with Crippen molar-refractivity contribution in [2.45, 2.75) is 43.3 Å². The maximum atomic E-state index is 2.69. The van der Waals surface area contributed by atoms with Gasteiger partial charge in [0.1, 0.15) is 0 Å². The van der Waals surface area contributed by atoms with Gasteiger partial charge in [-0.2, -0.15) is 0 Å². The first kappa shape index (κ1) is 13.5. The van der Waals surface area contributed by atoms with E-state index in [1.165, 1.54) is 42.9 Å². The monoisotopic (exact) mass is 276 g/mol. The van der Waals surface area contributed by atoms with Crippen LogP contribution in [0.25, 0.3) is 0 Å². The predicted molar refractivity (Wildman–Crippen MR) is 82.7 cm³/mol. The fourth-order valence-corrected chi connectivity index (χ4v) is 3.84. The third-order valence-electron chi connectivity index (χ3n) is 4.61. The van der Waals surface area contributed by atoms with Crippen LogP contribution < -0.4 is 0 Å². The van der Waals surface area contributed by atoms with E-state index in [4.69, 9.17) is 0 Å². The third kappa shape index (κ3) is 2.99. The summed E-state index contributed by atoms with van der Waals surface area (Å²) in [6.45, 7) is 7.33. The Bertz CT molecular complexity index is 417. The average molecular weight is 276 g/mol. The van der Waals surface area contributed by atoms with Crippen molar-refractivity contribution >= 4 is 11.8 Å². The molecular formula is C16H24N2S. The standard InChI is InChI=1S/C16H24N2S/c1-13-10-17-9-3-4-15(17)12-18(13)11-14-5-7-16(19-2)8-6-14/h5-8,13,15H,3-4,9-12H2,1-2H3/t13-,15-/m1/s1. The lowest BCUT2D eigenvalue weighted by Gasteiger charge is -2.42. The molecule has 2 nitrogen and oxygen atoms in total. The Labute approximate surface area is 121 Å². The van der Waals surface area contributed by atoms with Crippen LogP contribution >= 0.6 is 11.8 Å². The first-order chi connectivity index (χ1) is 9.26. The van der Waals surface area contributed by atoms with Gasteiger partial charge in [-0.15, -0.1) is 11.8 Å². The highest BCUT2D eigenvalue weighted by Gasteiger charge is 2.34. The summed E-state index contributed by atoms with van der Waals surface area (Å²) in [4.78, 5) is 6.72. The van der Waals surface area contributed by atoms with Crippen molar-refractivity contribution in [2.24, 2.45) is 0 Å². The lowest BCUT2D eigenvalue weighted by atomic mass is 10.1. The Balaban J connectivity index is 1.64. The van der Waals surface area contributed by atoms with Crippen LogP contribution in [0.3, 0.4) is 0 Å². The van der Waals surface area contributed by atoms with Crippen LogP contribution in [0.5, 0.6) is 0 Å². The van der Waals surface area contributed by atoms with Gasteiger partial charge in [0.25, 0.3) is 0 Å². The minimum atomic E-state index is 0.689. The minimum absolute atomic E-state index is 0.689. The molecule has 2 saturated heterocycles. The number of piperazine rings is 1. The van der Waals surface area contributed by atoms with Crippen molar-refractivity contribution in [3.05, 3.63) is 29.8 Å². The van der Waals surface area contributed by atoms with E-state index in [2.05, 4.69) is 47.2 Å². The summed E-state index contributed by atoms with van der Waals surface area (Å²) in [7, 11) is 0. The number of thioether (sulfide) groups is 1. The number of rotatable bonds is 3. The van der Waals surface area contributed by atoms with Gasteiger partial charge < -0.3 is 0 Å². The highest BCUT2D eigenvalue weighted by atomic mass is 32.2. The zero-order valence-electron chi connectivity index (χ0n) is 12.0. The molecule has 2 fully saturated rings. The van der Waals surface area contributed by atoms with E-state index in [0.717, 1.165) is 12.6 Å². The second kappa shape index (κ2) is 5.86. The summed E-state index contributed by atoms with van der Waals surface area (Å²) in [6.07, 6.45) is 4.93. The van der Waals surface area contributed by atoms with Crippen LogP contribution in [0.1, 0.15) is 25.3 Å². The number of benzene rings is 1. The lowest BCUT2D eigenvalue weighted by Crippen LogP contribution is -2.54. The van der Waals surface area contributed by atoms with Gasteiger partial charge in [0.15, 0.2) is 0 Å². The van der Waals surface area contributed by atoms with Gasteiger partial charge in [-0.25, -0.2) is 0 Å². The molecule has 0 bridgehead atoms. The molecular weight excluding hydrogens is 252 g/mol. The molecule has 19 heavy (non-hydrogen) atoms. The van der Waals surface area contributed by atoms with E-state index in [1.54, 1.807) is 0 Å². The molecule has 0 spiro atoms.